The second kappa shape index (κ2) is 4.92. The number of para-hydroxylation sites is 1. The predicted molar refractivity (Wildman–Crippen MR) is 93.0 cm³/mol. The van der Waals surface area contributed by atoms with E-state index in [9.17, 15) is 14.7 Å². The van der Waals surface area contributed by atoms with E-state index >= 15 is 0 Å². The van der Waals surface area contributed by atoms with Crippen LogP contribution >= 0.6 is 0 Å². The van der Waals surface area contributed by atoms with Crippen LogP contribution in [0.25, 0.3) is 21.9 Å². The van der Waals surface area contributed by atoms with Gasteiger partial charge in [-0.1, -0.05) is 18.2 Å². The number of ether oxygens (including phenoxy) is 1. The van der Waals surface area contributed by atoms with Crippen LogP contribution in [0, 0.1) is 0 Å². The van der Waals surface area contributed by atoms with Crippen molar-refractivity contribution in [2.24, 2.45) is 0 Å². The Morgan fingerprint density at radius 3 is 2.56 bits per heavy atom. The van der Waals surface area contributed by atoms with Gasteiger partial charge >= 0.3 is 0 Å². The Kier molecular flexibility index (Phi) is 3.12. The molecule has 2 aromatic carbocycles. The third kappa shape index (κ3) is 2.05. The highest BCUT2D eigenvalue weighted by molar-refractivity contribution is 6.22. The number of hydrogen-bond acceptors (Lipinski definition) is 5. The van der Waals surface area contributed by atoms with Crippen molar-refractivity contribution in [3.05, 3.63) is 42.0 Å². The summed E-state index contributed by atoms with van der Waals surface area (Å²) in [6.07, 6.45) is -0.301. The molecule has 0 spiro atoms. The van der Waals surface area contributed by atoms with Crippen LogP contribution in [0.15, 0.2) is 40.8 Å². The third-order valence-corrected chi connectivity index (χ3v) is 4.97. The van der Waals surface area contributed by atoms with Crippen molar-refractivity contribution in [3.63, 3.8) is 0 Å². The van der Waals surface area contributed by atoms with Gasteiger partial charge in [-0.25, -0.2) is 0 Å². The van der Waals surface area contributed by atoms with E-state index in [2.05, 4.69) is 0 Å². The average molecular weight is 338 g/mol. The van der Waals surface area contributed by atoms with Crippen molar-refractivity contribution in [2.75, 3.05) is 0 Å². The summed E-state index contributed by atoms with van der Waals surface area (Å²) in [5, 5.41) is 12.5. The fourth-order valence-electron chi connectivity index (χ4n) is 3.60. The van der Waals surface area contributed by atoms with Crippen molar-refractivity contribution in [1.82, 2.24) is 0 Å². The summed E-state index contributed by atoms with van der Waals surface area (Å²) in [5.41, 5.74) is -1.69. The summed E-state index contributed by atoms with van der Waals surface area (Å²) in [7, 11) is 0. The molecule has 0 fully saturated rings. The normalized spacial score (nSPS) is 22.0. The van der Waals surface area contributed by atoms with Crippen LogP contribution in [-0.4, -0.2) is 27.9 Å². The zero-order valence-corrected chi connectivity index (χ0v) is 14.3. The van der Waals surface area contributed by atoms with E-state index in [1.54, 1.807) is 26.0 Å². The molecule has 128 valence electrons. The number of carbonyl (C=O) groups is 2. The molecule has 0 amide bonds. The Labute approximate surface area is 144 Å². The lowest BCUT2D eigenvalue weighted by Crippen LogP contribution is -2.62. The molecule has 1 atom stereocenters. The molecule has 5 nitrogen and oxygen atoms in total. The highest BCUT2D eigenvalue weighted by atomic mass is 16.5. The predicted octanol–water partition coefficient (Wildman–Crippen LogP) is 3.65. The highest BCUT2D eigenvalue weighted by Gasteiger charge is 2.56. The van der Waals surface area contributed by atoms with Gasteiger partial charge in [-0.2, -0.15) is 0 Å². The molecule has 25 heavy (non-hydrogen) atoms. The summed E-state index contributed by atoms with van der Waals surface area (Å²) >= 11 is 0. The Hall–Kier alpha value is -2.66. The SMILES string of the molecule is CC(=O)CC1(O)C(=O)c2c(ccc3oc4ccccc4c23)OC1(C)C. The molecule has 1 N–H and O–H groups in total. The van der Waals surface area contributed by atoms with Gasteiger partial charge in [-0.3, -0.25) is 9.59 Å². The topological polar surface area (TPSA) is 76.7 Å². The summed E-state index contributed by atoms with van der Waals surface area (Å²) in [5.74, 6) is -0.395. The molecule has 4 rings (SSSR count). The van der Waals surface area contributed by atoms with Crippen molar-refractivity contribution in [2.45, 2.75) is 38.4 Å². The van der Waals surface area contributed by atoms with Crippen LogP contribution in [0.1, 0.15) is 37.6 Å². The molecule has 0 aliphatic carbocycles. The van der Waals surface area contributed by atoms with E-state index in [0.29, 0.717) is 22.3 Å². The zero-order chi connectivity index (χ0) is 18.0. The van der Waals surface area contributed by atoms with Gasteiger partial charge in [0, 0.05) is 17.2 Å². The number of Topliss-reactive ketones (excluding diaryl/α,β-unsaturated/α-hetero) is 2. The maximum atomic E-state index is 13.3. The van der Waals surface area contributed by atoms with Crippen LogP contribution in [0.4, 0.5) is 0 Å². The van der Waals surface area contributed by atoms with E-state index in [1.165, 1.54) is 6.92 Å². The van der Waals surface area contributed by atoms with Crippen LogP contribution in [0.3, 0.4) is 0 Å². The molecule has 1 aromatic heterocycles. The average Bonchev–Trinajstić information content (AvgIpc) is 2.90. The second-order valence-electron chi connectivity index (χ2n) is 7.09. The summed E-state index contributed by atoms with van der Waals surface area (Å²) in [4.78, 5) is 25.0. The number of hydrogen-bond donors (Lipinski definition) is 1. The second-order valence-corrected chi connectivity index (χ2v) is 7.09. The molecular formula is C20H18O5. The Balaban J connectivity index is 2.07. The van der Waals surface area contributed by atoms with Crippen LogP contribution in [0.2, 0.25) is 0 Å². The molecule has 1 aliphatic rings. The Bertz CT molecular complexity index is 1040. The van der Waals surface area contributed by atoms with Gasteiger partial charge in [0.1, 0.15) is 28.3 Å². The first-order valence-electron chi connectivity index (χ1n) is 8.14. The minimum Gasteiger partial charge on any atom is -0.484 e. The van der Waals surface area contributed by atoms with E-state index in [-0.39, 0.29) is 17.8 Å². The van der Waals surface area contributed by atoms with Gasteiger partial charge in [-0.15, -0.1) is 0 Å². The number of furan rings is 1. The van der Waals surface area contributed by atoms with Gasteiger partial charge in [0.05, 0.1) is 5.56 Å². The molecule has 0 saturated carbocycles. The summed E-state index contributed by atoms with van der Waals surface area (Å²) in [6.45, 7) is 4.59. The first kappa shape index (κ1) is 15.8. The van der Waals surface area contributed by atoms with Gasteiger partial charge in [0.15, 0.2) is 5.60 Å². The van der Waals surface area contributed by atoms with Gasteiger partial charge in [0.25, 0.3) is 0 Å². The number of carbonyl (C=O) groups excluding carboxylic acids is 2. The first-order valence-corrected chi connectivity index (χ1v) is 8.14. The minimum atomic E-state index is -1.93. The number of benzene rings is 2. The van der Waals surface area contributed by atoms with Crippen molar-refractivity contribution in [3.8, 4) is 5.75 Å². The molecular weight excluding hydrogens is 320 g/mol. The fourth-order valence-corrected chi connectivity index (χ4v) is 3.60. The van der Waals surface area contributed by atoms with Crippen LogP contribution < -0.4 is 4.74 Å². The van der Waals surface area contributed by atoms with Crippen molar-refractivity contribution in [1.29, 1.82) is 0 Å². The van der Waals surface area contributed by atoms with Crippen LogP contribution in [-0.2, 0) is 4.79 Å². The Morgan fingerprint density at radius 1 is 1.12 bits per heavy atom. The number of fused-ring (bicyclic) bond motifs is 5. The summed E-state index contributed by atoms with van der Waals surface area (Å²) in [6, 6.07) is 10.8. The molecule has 0 saturated heterocycles. The lowest BCUT2D eigenvalue weighted by Gasteiger charge is -2.45. The molecule has 1 unspecified atom stereocenters. The standard InChI is InChI=1S/C20H18O5/c1-11(21)10-20(23)18(22)17-15(25-19(20,2)3)9-8-14-16(17)12-6-4-5-7-13(12)24-14/h4-9,23H,10H2,1-3H3. The Morgan fingerprint density at radius 2 is 1.84 bits per heavy atom. The number of ketones is 2. The van der Waals surface area contributed by atoms with Gasteiger partial charge < -0.3 is 14.3 Å². The number of rotatable bonds is 2. The molecule has 1 aliphatic heterocycles. The first-order chi connectivity index (χ1) is 11.7. The molecule has 0 radical (unpaired) electrons. The van der Waals surface area contributed by atoms with E-state index in [0.717, 1.165) is 5.39 Å². The maximum Gasteiger partial charge on any atom is 0.203 e. The van der Waals surface area contributed by atoms with Crippen molar-refractivity contribution >= 4 is 33.5 Å². The molecule has 3 aromatic rings. The lowest BCUT2D eigenvalue weighted by atomic mass is 9.73. The van der Waals surface area contributed by atoms with Crippen LogP contribution in [0.5, 0.6) is 5.75 Å². The molecule has 0 bridgehead atoms. The lowest BCUT2D eigenvalue weighted by molar-refractivity contribution is -0.132. The molecule has 2 heterocycles. The van der Waals surface area contributed by atoms with Gasteiger partial charge in [0.2, 0.25) is 5.78 Å². The third-order valence-electron chi connectivity index (χ3n) is 4.97. The quantitative estimate of drug-likeness (QED) is 0.772. The summed E-state index contributed by atoms with van der Waals surface area (Å²) < 4.78 is 11.8. The van der Waals surface area contributed by atoms with Gasteiger partial charge in [-0.05, 0) is 39.0 Å². The van der Waals surface area contributed by atoms with Crippen molar-refractivity contribution < 1.29 is 23.8 Å². The smallest absolute Gasteiger partial charge is 0.203 e. The van der Waals surface area contributed by atoms with E-state index < -0.39 is 17.0 Å². The fraction of sp³-hybridized carbons (Fsp3) is 0.300. The maximum absolute atomic E-state index is 13.3. The number of aliphatic hydroxyl groups is 1. The van der Waals surface area contributed by atoms with E-state index in [4.69, 9.17) is 9.15 Å². The monoisotopic (exact) mass is 338 g/mol. The highest BCUT2D eigenvalue weighted by Crippen LogP contribution is 2.46. The van der Waals surface area contributed by atoms with E-state index in [1.807, 2.05) is 24.3 Å². The largest absolute Gasteiger partial charge is 0.484 e. The zero-order valence-electron chi connectivity index (χ0n) is 14.3. The minimum absolute atomic E-state index is 0.269. The molecule has 5 heteroatoms.